The van der Waals surface area contributed by atoms with E-state index in [1.54, 1.807) is 25.4 Å². The van der Waals surface area contributed by atoms with Crippen LogP contribution in [0.5, 0.6) is 5.75 Å². The number of aryl methyl sites for hydroxylation is 2. The Morgan fingerprint density at radius 2 is 1.94 bits per heavy atom. The number of ether oxygens (including phenoxy) is 1. The number of fused-ring (bicyclic) bond motifs is 3. The van der Waals surface area contributed by atoms with Crippen LogP contribution >= 0.6 is 11.3 Å². The Labute approximate surface area is 298 Å². The fraction of sp³-hybridized carbons (Fsp3) is 0.316. The Morgan fingerprint density at radius 1 is 1.14 bits per heavy atom. The number of H-pyrrole nitrogens is 1. The molecule has 2 aromatic carbocycles. The van der Waals surface area contributed by atoms with Crippen molar-refractivity contribution in [3.8, 4) is 27.6 Å². The van der Waals surface area contributed by atoms with Gasteiger partial charge >= 0.3 is 5.76 Å². The van der Waals surface area contributed by atoms with Gasteiger partial charge in [-0.15, -0.1) is 16.4 Å². The summed E-state index contributed by atoms with van der Waals surface area (Å²) in [6.45, 7) is 5.95. The average molecular weight is 726 g/mol. The van der Waals surface area contributed by atoms with Crippen molar-refractivity contribution in [3.63, 3.8) is 0 Å². The van der Waals surface area contributed by atoms with E-state index in [0.717, 1.165) is 39.8 Å². The second-order valence-corrected chi connectivity index (χ2v) is 16.8. The Balaban J connectivity index is 1.33. The summed E-state index contributed by atoms with van der Waals surface area (Å²) in [5, 5.41) is 11.1. The highest BCUT2D eigenvalue weighted by molar-refractivity contribution is 7.92. The monoisotopic (exact) mass is 725 g/mol. The van der Waals surface area contributed by atoms with Gasteiger partial charge in [-0.05, 0) is 84.0 Å². The molecule has 262 valence electrons. The summed E-state index contributed by atoms with van der Waals surface area (Å²) >= 11 is 1.42. The predicted molar refractivity (Wildman–Crippen MR) is 195 cm³/mol. The van der Waals surface area contributed by atoms with Crippen molar-refractivity contribution in [3.05, 3.63) is 105 Å². The summed E-state index contributed by atoms with van der Waals surface area (Å²) in [5.41, 5.74) is 4.24. The van der Waals surface area contributed by atoms with Gasteiger partial charge in [0, 0.05) is 22.1 Å². The second-order valence-electron chi connectivity index (χ2n) is 13.8. The third-order valence-corrected chi connectivity index (χ3v) is 13.7. The van der Waals surface area contributed by atoms with E-state index in [1.807, 2.05) is 45.0 Å². The van der Waals surface area contributed by atoms with E-state index in [9.17, 15) is 17.6 Å². The zero-order valence-corrected chi connectivity index (χ0v) is 30.2. The Bertz CT molecular complexity index is 2490. The summed E-state index contributed by atoms with van der Waals surface area (Å²) in [7, 11) is -2.17. The number of thiophene rings is 1. The van der Waals surface area contributed by atoms with E-state index >= 15 is 0 Å². The van der Waals surface area contributed by atoms with Crippen LogP contribution in [-0.4, -0.2) is 41.4 Å². The van der Waals surface area contributed by atoms with Crippen molar-refractivity contribution in [2.75, 3.05) is 18.2 Å². The molecule has 1 unspecified atom stereocenters. The fourth-order valence-electron chi connectivity index (χ4n) is 7.50. The maximum Gasteiger partial charge on any atom is 0.434 e. The average Bonchev–Trinajstić information content (AvgIpc) is 3.88. The first kappa shape index (κ1) is 33.3. The number of aromatic amines is 1. The Kier molecular flexibility index (Phi) is 8.10. The number of halogens is 1. The molecule has 0 fully saturated rings. The Hall–Kier alpha value is -4.88. The SMILES string of the molecule is COc1cccc2c1CC[C@H]2Nc1nccc2cc(-c3c(-c4n[nH]c(=O)o4)c(CCc4ccc(F)cc4)nc4c3S(=O)(=O)CC4(C)C(C)C)sc12. The third kappa shape index (κ3) is 5.63. The standard InChI is InChI=1S/C38H36FN5O5S2/c1-20(2)38(3)19-51(46,47)33-31(30(36-43-44-37(45)49-36)27(41-34(33)38)14-10-21-8-11-23(39)12-9-21)29-18-22-16-17-40-35(32(22)50-29)42-26-15-13-25-24(26)6-5-7-28(25)48-4/h5-9,11-12,16-18,20,26H,10,13-15,19H2,1-4H3,(H,40,42)(H,44,45)/t26-,38?/m1/s1. The molecule has 0 saturated carbocycles. The molecular formula is C38H36FN5O5S2. The summed E-state index contributed by atoms with van der Waals surface area (Å²) < 4.78 is 54.5. The van der Waals surface area contributed by atoms with Gasteiger partial charge in [0.15, 0.2) is 9.84 Å². The van der Waals surface area contributed by atoms with Gasteiger partial charge in [-0.3, -0.25) is 4.98 Å². The van der Waals surface area contributed by atoms with Gasteiger partial charge in [0.25, 0.3) is 5.89 Å². The molecule has 0 bridgehead atoms. The van der Waals surface area contributed by atoms with Crippen LogP contribution in [0.1, 0.15) is 61.3 Å². The molecule has 51 heavy (non-hydrogen) atoms. The topological polar surface area (TPSA) is 140 Å². The predicted octanol–water partition coefficient (Wildman–Crippen LogP) is 7.43. The summed E-state index contributed by atoms with van der Waals surface area (Å²) in [6, 6.07) is 16.2. The maximum atomic E-state index is 14.3. The van der Waals surface area contributed by atoms with Crippen LogP contribution in [0.4, 0.5) is 10.2 Å². The number of anilines is 1. The van der Waals surface area contributed by atoms with Gasteiger partial charge < -0.3 is 14.5 Å². The van der Waals surface area contributed by atoms with Crippen molar-refractivity contribution >= 4 is 37.1 Å². The summed E-state index contributed by atoms with van der Waals surface area (Å²) in [6.07, 6.45) is 4.33. The van der Waals surface area contributed by atoms with E-state index in [2.05, 4.69) is 21.6 Å². The lowest BCUT2D eigenvalue weighted by Gasteiger charge is -2.28. The minimum Gasteiger partial charge on any atom is -0.496 e. The summed E-state index contributed by atoms with van der Waals surface area (Å²) in [5.74, 6) is 0.253. The molecule has 0 saturated heterocycles. The third-order valence-electron chi connectivity index (χ3n) is 10.5. The van der Waals surface area contributed by atoms with Crippen LogP contribution in [0, 0.1) is 11.7 Å². The fourth-order valence-corrected chi connectivity index (χ4v) is 11.2. The lowest BCUT2D eigenvalue weighted by molar-refractivity contribution is 0.368. The molecule has 0 radical (unpaired) electrons. The quantitative estimate of drug-likeness (QED) is 0.156. The molecule has 1 aliphatic heterocycles. The van der Waals surface area contributed by atoms with Gasteiger partial charge in [-0.25, -0.2) is 27.7 Å². The van der Waals surface area contributed by atoms with Gasteiger partial charge in [0.1, 0.15) is 17.4 Å². The van der Waals surface area contributed by atoms with Crippen LogP contribution in [0.3, 0.4) is 0 Å². The number of pyridine rings is 2. The molecular weight excluding hydrogens is 690 g/mol. The minimum absolute atomic E-state index is 0.0167. The first-order valence-corrected chi connectivity index (χ1v) is 19.4. The smallest absolute Gasteiger partial charge is 0.434 e. The Morgan fingerprint density at radius 3 is 2.67 bits per heavy atom. The number of nitrogens with zero attached hydrogens (tertiary/aromatic N) is 3. The van der Waals surface area contributed by atoms with Crippen molar-refractivity contribution in [2.24, 2.45) is 5.92 Å². The normalized spacial score (nSPS) is 19.1. The van der Waals surface area contributed by atoms with Crippen molar-refractivity contribution < 1.29 is 22.0 Å². The molecule has 2 N–H and O–H groups in total. The van der Waals surface area contributed by atoms with Crippen molar-refractivity contribution in [1.29, 1.82) is 0 Å². The van der Waals surface area contributed by atoms with Crippen LogP contribution in [0.15, 0.2) is 74.9 Å². The molecule has 0 spiro atoms. The van der Waals surface area contributed by atoms with Gasteiger partial charge in [0.2, 0.25) is 0 Å². The lowest BCUT2D eigenvalue weighted by atomic mass is 9.77. The molecule has 2 atom stereocenters. The number of methoxy groups -OCH3 is 1. The van der Waals surface area contributed by atoms with E-state index in [0.29, 0.717) is 46.1 Å². The highest BCUT2D eigenvalue weighted by Crippen LogP contribution is 2.53. The van der Waals surface area contributed by atoms with Crippen LogP contribution in [0.25, 0.3) is 32.0 Å². The highest BCUT2D eigenvalue weighted by atomic mass is 32.2. The van der Waals surface area contributed by atoms with E-state index in [4.69, 9.17) is 19.1 Å². The number of hydrogen-bond donors (Lipinski definition) is 2. The van der Waals surface area contributed by atoms with Crippen molar-refractivity contribution in [1.82, 2.24) is 20.2 Å². The molecule has 0 amide bonds. The zero-order valence-electron chi connectivity index (χ0n) is 28.5. The largest absolute Gasteiger partial charge is 0.496 e. The summed E-state index contributed by atoms with van der Waals surface area (Å²) in [4.78, 5) is 23.0. The molecule has 4 aromatic heterocycles. The highest BCUT2D eigenvalue weighted by Gasteiger charge is 2.50. The van der Waals surface area contributed by atoms with Gasteiger partial charge in [-0.1, -0.05) is 45.0 Å². The minimum atomic E-state index is -3.85. The molecule has 8 rings (SSSR count). The number of hydrogen-bond acceptors (Lipinski definition) is 10. The molecule has 5 heterocycles. The first-order valence-electron chi connectivity index (χ1n) is 16.9. The maximum absolute atomic E-state index is 14.3. The van der Waals surface area contributed by atoms with E-state index in [-0.39, 0.29) is 34.3 Å². The zero-order chi connectivity index (χ0) is 35.7. The molecule has 1 aliphatic carbocycles. The number of nitrogens with one attached hydrogen (secondary N) is 2. The van der Waals surface area contributed by atoms with E-state index < -0.39 is 21.0 Å². The number of rotatable bonds is 9. The number of benzene rings is 2. The van der Waals surface area contributed by atoms with E-state index in [1.165, 1.54) is 29.0 Å². The molecule has 2 aliphatic rings. The number of aromatic nitrogens is 4. The number of sulfone groups is 1. The van der Waals surface area contributed by atoms with Crippen LogP contribution < -0.4 is 15.8 Å². The van der Waals surface area contributed by atoms with Gasteiger partial charge in [0.05, 0.1) is 45.5 Å². The van der Waals surface area contributed by atoms with Crippen molar-refractivity contribution in [2.45, 2.75) is 62.8 Å². The molecule has 13 heteroatoms. The second kappa shape index (κ2) is 12.4. The van der Waals surface area contributed by atoms with Crippen LogP contribution in [0.2, 0.25) is 0 Å². The van der Waals surface area contributed by atoms with Gasteiger partial charge in [-0.2, -0.15) is 0 Å². The van der Waals surface area contributed by atoms with Crippen LogP contribution in [-0.2, 0) is 34.5 Å². The first-order chi connectivity index (χ1) is 24.5. The molecule has 6 aromatic rings. The lowest BCUT2D eigenvalue weighted by Crippen LogP contribution is -2.31. The molecule has 10 nitrogen and oxygen atoms in total.